The van der Waals surface area contributed by atoms with Crippen molar-refractivity contribution in [1.29, 1.82) is 0 Å². The van der Waals surface area contributed by atoms with Gasteiger partial charge < -0.3 is 10.0 Å². The Kier molecular flexibility index (Phi) is 5.49. The lowest BCUT2D eigenvalue weighted by Gasteiger charge is -2.23. The molecular formula is C13H17BrFN3O3. The summed E-state index contributed by atoms with van der Waals surface area (Å²) in [6.07, 6.45) is 0.839. The fourth-order valence-corrected chi connectivity index (χ4v) is 2.83. The van der Waals surface area contributed by atoms with Crippen LogP contribution in [0, 0.1) is 15.9 Å². The van der Waals surface area contributed by atoms with Crippen LogP contribution in [0.15, 0.2) is 16.6 Å². The van der Waals surface area contributed by atoms with E-state index in [4.69, 9.17) is 5.11 Å². The van der Waals surface area contributed by atoms with Crippen molar-refractivity contribution in [2.45, 2.75) is 6.42 Å². The van der Waals surface area contributed by atoms with Crippen LogP contribution in [-0.2, 0) is 0 Å². The zero-order chi connectivity index (χ0) is 15.4. The lowest BCUT2D eigenvalue weighted by molar-refractivity contribution is -0.384. The molecule has 1 aliphatic rings. The van der Waals surface area contributed by atoms with E-state index in [9.17, 15) is 14.5 Å². The van der Waals surface area contributed by atoms with Gasteiger partial charge in [-0.2, -0.15) is 0 Å². The molecule has 1 aromatic carbocycles. The molecule has 0 spiro atoms. The summed E-state index contributed by atoms with van der Waals surface area (Å²) < 4.78 is 13.7. The quantitative estimate of drug-likeness (QED) is 0.656. The fourth-order valence-electron chi connectivity index (χ4n) is 2.50. The van der Waals surface area contributed by atoms with Gasteiger partial charge in [0.1, 0.15) is 11.5 Å². The number of benzene rings is 1. The fraction of sp³-hybridized carbons (Fsp3) is 0.538. The Morgan fingerprint density at radius 3 is 2.76 bits per heavy atom. The summed E-state index contributed by atoms with van der Waals surface area (Å²) in [5.41, 5.74) is 0.213. The zero-order valence-corrected chi connectivity index (χ0v) is 13.1. The Morgan fingerprint density at radius 1 is 1.33 bits per heavy atom. The second-order valence-electron chi connectivity index (χ2n) is 4.92. The monoisotopic (exact) mass is 361 g/mol. The van der Waals surface area contributed by atoms with Crippen LogP contribution < -0.4 is 4.90 Å². The van der Waals surface area contributed by atoms with Gasteiger partial charge in [0, 0.05) is 26.2 Å². The third-order valence-electron chi connectivity index (χ3n) is 3.56. The van der Waals surface area contributed by atoms with Gasteiger partial charge in [0.2, 0.25) is 0 Å². The summed E-state index contributed by atoms with van der Waals surface area (Å²) in [6, 6.07) is 2.42. The summed E-state index contributed by atoms with van der Waals surface area (Å²) in [7, 11) is 0. The first-order chi connectivity index (χ1) is 10.0. The highest BCUT2D eigenvalue weighted by molar-refractivity contribution is 9.10. The molecule has 6 nitrogen and oxygen atoms in total. The van der Waals surface area contributed by atoms with Gasteiger partial charge in [0.15, 0.2) is 0 Å². The number of anilines is 1. The van der Waals surface area contributed by atoms with E-state index in [1.54, 1.807) is 0 Å². The van der Waals surface area contributed by atoms with Gasteiger partial charge in [-0.25, -0.2) is 4.39 Å². The van der Waals surface area contributed by atoms with Crippen LogP contribution in [0.2, 0.25) is 0 Å². The molecule has 1 fully saturated rings. The standard InChI is InChI=1S/C13H17BrFN3O3/c14-10-8-12(13(18(20)21)9-11(10)15)17-3-1-2-16(4-5-17)6-7-19/h8-9,19H,1-7H2. The number of nitrogens with zero attached hydrogens (tertiary/aromatic N) is 3. The van der Waals surface area contributed by atoms with Crippen molar-refractivity contribution < 1.29 is 14.4 Å². The number of aliphatic hydroxyl groups excluding tert-OH is 1. The van der Waals surface area contributed by atoms with Gasteiger partial charge in [0.05, 0.1) is 22.1 Å². The van der Waals surface area contributed by atoms with Crippen molar-refractivity contribution in [3.63, 3.8) is 0 Å². The number of halogens is 2. The smallest absolute Gasteiger partial charge is 0.295 e. The van der Waals surface area contributed by atoms with E-state index < -0.39 is 10.7 Å². The highest BCUT2D eigenvalue weighted by Crippen LogP contribution is 2.33. The number of hydrogen-bond donors (Lipinski definition) is 1. The zero-order valence-electron chi connectivity index (χ0n) is 11.5. The molecule has 0 atom stereocenters. The van der Waals surface area contributed by atoms with Crippen LogP contribution in [0.25, 0.3) is 0 Å². The van der Waals surface area contributed by atoms with Gasteiger partial charge >= 0.3 is 0 Å². The minimum absolute atomic E-state index is 0.0994. The molecule has 0 radical (unpaired) electrons. The lowest BCUT2D eigenvalue weighted by atomic mass is 10.2. The second kappa shape index (κ2) is 7.15. The topological polar surface area (TPSA) is 69.9 Å². The molecule has 8 heteroatoms. The highest BCUT2D eigenvalue weighted by Gasteiger charge is 2.24. The van der Waals surface area contributed by atoms with Gasteiger partial charge in [-0.05, 0) is 35.0 Å². The Morgan fingerprint density at radius 2 is 2.10 bits per heavy atom. The average molecular weight is 362 g/mol. The van der Waals surface area contributed by atoms with Crippen LogP contribution in [-0.4, -0.2) is 54.3 Å². The Hall–Kier alpha value is -1.25. The Bertz CT molecular complexity index is 530. The molecule has 0 aliphatic carbocycles. The highest BCUT2D eigenvalue weighted by atomic mass is 79.9. The third kappa shape index (κ3) is 3.90. The summed E-state index contributed by atoms with van der Waals surface area (Å²) >= 11 is 3.08. The number of hydrogen-bond acceptors (Lipinski definition) is 5. The number of nitro groups is 1. The molecule has 116 valence electrons. The van der Waals surface area contributed by atoms with Crippen LogP contribution in [0.3, 0.4) is 0 Å². The third-order valence-corrected chi connectivity index (χ3v) is 4.17. The molecule has 0 unspecified atom stereocenters. The van der Waals surface area contributed by atoms with Crippen molar-refractivity contribution in [3.8, 4) is 0 Å². The summed E-state index contributed by atoms with van der Waals surface area (Å²) in [5, 5.41) is 20.1. The number of rotatable bonds is 4. The van der Waals surface area contributed by atoms with Gasteiger partial charge in [-0.1, -0.05) is 0 Å². The van der Waals surface area contributed by atoms with E-state index in [1.807, 2.05) is 4.90 Å². The molecule has 21 heavy (non-hydrogen) atoms. The van der Waals surface area contributed by atoms with Crippen LogP contribution in [0.1, 0.15) is 6.42 Å². The SMILES string of the molecule is O=[N+]([O-])c1cc(F)c(Br)cc1N1CCCN(CCO)CC1. The molecule has 0 bridgehead atoms. The molecule has 1 aromatic rings. The number of β-amino-alcohol motifs (C(OH)–C–C–N with tert-alkyl or cyclic N) is 1. The van der Waals surface area contributed by atoms with Crippen molar-refractivity contribution >= 4 is 27.3 Å². The average Bonchev–Trinajstić information content (AvgIpc) is 2.67. The van der Waals surface area contributed by atoms with Gasteiger partial charge in [-0.3, -0.25) is 15.0 Å². The molecule has 0 aromatic heterocycles. The minimum atomic E-state index is -0.637. The molecule has 1 aliphatic heterocycles. The minimum Gasteiger partial charge on any atom is -0.395 e. The summed E-state index contributed by atoms with van der Waals surface area (Å²) in [5.74, 6) is -0.637. The number of aliphatic hydroxyl groups is 1. The first kappa shape index (κ1) is 16.1. The van der Waals surface area contributed by atoms with Crippen molar-refractivity contribution in [2.24, 2.45) is 0 Å². The van der Waals surface area contributed by atoms with Crippen LogP contribution >= 0.6 is 15.9 Å². The maximum absolute atomic E-state index is 13.5. The van der Waals surface area contributed by atoms with Crippen molar-refractivity contribution in [1.82, 2.24) is 4.90 Å². The lowest BCUT2D eigenvalue weighted by Crippen LogP contribution is -2.32. The van der Waals surface area contributed by atoms with Crippen LogP contribution in [0.4, 0.5) is 15.8 Å². The van der Waals surface area contributed by atoms with E-state index >= 15 is 0 Å². The molecule has 1 N–H and O–H groups in total. The van der Waals surface area contributed by atoms with E-state index in [1.165, 1.54) is 6.07 Å². The molecule has 1 heterocycles. The summed E-state index contributed by atoms with van der Waals surface area (Å²) in [4.78, 5) is 14.6. The molecular weight excluding hydrogens is 345 g/mol. The van der Waals surface area contributed by atoms with E-state index in [2.05, 4.69) is 20.8 Å². The Labute approximate surface area is 130 Å². The predicted octanol–water partition coefficient (Wildman–Crippen LogP) is 2.00. The normalized spacial score (nSPS) is 16.8. The van der Waals surface area contributed by atoms with Crippen molar-refractivity contribution in [2.75, 3.05) is 44.2 Å². The van der Waals surface area contributed by atoms with Crippen LogP contribution in [0.5, 0.6) is 0 Å². The van der Waals surface area contributed by atoms with Gasteiger partial charge in [0.25, 0.3) is 5.69 Å². The molecule has 0 amide bonds. The predicted molar refractivity (Wildman–Crippen MR) is 81.1 cm³/mol. The van der Waals surface area contributed by atoms with Gasteiger partial charge in [-0.15, -0.1) is 0 Å². The maximum Gasteiger partial charge on any atom is 0.295 e. The van der Waals surface area contributed by atoms with E-state index in [0.29, 0.717) is 31.9 Å². The molecule has 0 saturated carbocycles. The maximum atomic E-state index is 13.5. The second-order valence-corrected chi connectivity index (χ2v) is 5.77. The largest absolute Gasteiger partial charge is 0.395 e. The molecule has 1 saturated heterocycles. The molecule has 2 rings (SSSR count). The first-order valence-electron chi connectivity index (χ1n) is 6.74. The Balaban J connectivity index is 2.24. The summed E-state index contributed by atoms with van der Waals surface area (Å²) in [6.45, 7) is 3.53. The first-order valence-corrected chi connectivity index (χ1v) is 7.54. The van der Waals surface area contributed by atoms with Crippen molar-refractivity contribution in [3.05, 3.63) is 32.5 Å². The number of nitro benzene ring substituents is 1. The van der Waals surface area contributed by atoms with E-state index in [-0.39, 0.29) is 16.8 Å². The van der Waals surface area contributed by atoms with E-state index in [0.717, 1.165) is 19.0 Å².